The summed E-state index contributed by atoms with van der Waals surface area (Å²) in [7, 11) is 0. The Balaban J connectivity index is 2.67. The van der Waals surface area contributed by atoms with E-state index in [0.29, 0.717) is 13.0 Å². The first-order valence-corrected chi connectivity index (χ1v) is 5.79. The molecule has 88 valence electrons. The van der Waals surface area contributed by atoms with Crippen molar-refractivity contribution in [1.29, 1.82) is 0 Å². The summed E-state index contributed by atoms with van der Waals surface area (Å²) in [5, 5.41) is 0. The molecule has 1 unspecified atom stereocenters. The molecule has 0 aromatic rings. The van der Waals surface area contributed by atoms with E-state index in [9.17, 15) is 4.79 Å². The molecular weight excluding hydrogens is 188 g/mol. The lowest BCUT2D eigenvalue weighted by atomic mass is 9.90. The van der Waals surface area contributed by atoms with Gasteiger partial charge in [-0.2, -0.15) is 0 Å². The van der Waals surface area contributed by atoms with Crippen LogP contribution in [-0.2, 0) is 4.79 Å². The Bertz CT molecular complexity index is 244. The number of likely N-dealkylation sites (tertiary alicyclic amines) is 1. The van der Waals surface area contributed by atoms with Crippen molar-refractivity contribution < 1.29 is 4.79 Å². The van der Waals surface area contributed by atoms with E-state index < -0.39 is 0 Å². The molecule has 0 radical (unpaired) electrons. The summed E-state index contributed by atoms with van der Waals surface area (Å²) in [6.07, 6.45) is 2.74. The van der Waals surface area contributed by atoms with Crippen LogP contribution in [0.4, 0.5) is 0 Å². The highest BCUT2D eigenvalue weighted by Crippen LogP contribution is 2.30. The number of rotatable bonds is 2. The van der Waals surface area contributed by atoms with Gasteiger partial charge in [0.2, 0.25) is 5.91 Å². The summed E-state index contributed by atoms with van der Waals surface area (Å²) in [6, 6.07) is 0. The van der Waals surface area contributed by atoms with Crippen molar-refractivity contribution in [3.8, 4) is 0 Å². The number of nitrogens with two attached hydrogens (primary N) is 1. The van der Waals surface area contributed by atoms with E-state index in [4.69, 9.17) is 5.73 Å². The first kappa shape index (κ1) is 12.5. The van der Waals surface area contributed by atoms with Gasteiger partial charge in [0.15, 0.2) is 0 Å². The minimum absolute atomic E-state index is 0.0647. The van der Waals surface area contributed by atoms with Gasteiger partial charge in [0.1, 0.15) is 0 Å². The highest BCUT2D eigenvalue weighted by Gasteiger charge is 2.38. The summed E-state index contributed by atoms with van der Waals surface area (Å²) < 4.78 is 0. The summed E-state index contributed by atoms with van der Waals surface area (Å²) in [6.45, 7) is 9.84. The van der Waals surface area contributed by atoms with E-state index >= 15 is 0 Å². The molecule has 15 heavy (non-hydrogen) atoms. The molecule has 1 saturated heterocycles. The zero-order chi connectivity index (χ0) is 11.7. The summed E-state index contributed by atoms with van der Waals surface area (Å²) in [5.74, 6) is 0.257. The van der Waals surface area contributed by atoms with Crippen LogP contribution in [0.15, 0.2) is 0 Å². The summed E-state index contributed by atoms with van der Waals surface area (Å²) in [4.78, 5) is 14.1. The second kappa shape index (κ2) is 4.12. The van der Waals surface area contributed by atoms with E-state index in [0.717, 1.165) is 19.4 Å². The number of carbonyl (C=O) groups is 1. The monoisotopic (exact) mass is 212 g/mol. The molecule has 0 saturated carbocycles. The van der Waals surface area contributed by atoms with Crippen LogP contribution in [0.3, 0.4) is 0 Å². The number of amides is 1. The summed E-state index contributed by atoms with van der Waals surface area (Å²) >= 11 is 0. The van der Waals surface area contributed by atoms with Gasteiger partial charge in [-0.15, -0.1) is 0 Å². The van der Waals surface area contributed by atoms with Crippen LogP contribution in [0.2, 0.25) is 0 Å². The Labute approximate surface area is 93.0 Å². The van der Waals surface area contributed by atoms with Crippen molar-refractivity contribution in [2.24, 2.45) is 11.1 Å². The van der Waals surface area contributed by atoms with Crippen molar-refractivity contribution >= 4 is 5.91 Å². The average Bonchev–Trinajstić information content (AvgIpc) is 2.45. The molecule has 3 nitrogen and oxygen atoms in total. The highest BCUT2D eigenvalue weighted by molar-refractivity contribution is 5.78. The minimum atomic E-state index is -0.0949. The van der Waals surface area contributed by atoms with Crippen molar-refractivity contribution in [3.05, 3.63) is 0 Å². The Morgan fingerprint density at radius 2 is 2.07 bits per heavy atom. The maximum absolute atomic E-state index is 12.1. The molecule has 0 spiro atoms. The van der Waals surface area contributed by atoms with Crippen LogP contribution in [-0.4, -0.2) is 29.4 Å². The second-order valence-electron chi connectivity index (χ2n) is 6.09. The first-order valence-electron chi connectivity index (χ1n) is 5.79. The lowest BCUT2D eigenvalue weighted by Crippen LogP contribution is -2.50. The van der Waals surface area contributed by atoms with Gasteiger partial charge in [0.25, 0.3) is 0 Å². The topological polar surface area (TPSA) is 46.3 Å². The SMILES string of the molecule is CC(C)(C)CC(=O)N1CCCC1(C)CN. The Kier molecular flexibility index (Phi) is 3.44. The molecule has 1 aliphatic heterocycles. The van der Waals surface area contributed by atoms with Crippen LogP contribution in [0.25, 0.3) is 0 Å². The van der Waals surface area contributed by atoms with E-state index in [1.165, 1.54) is 0 Å². The van der Waals surface area contributed by atoms with E-state index in [1.807, 2.05) is 4.90 Å². The zero-order valence-electron chi connectivity index (χ0n) is 10.5. The third kappa shape index (κ3) is 2.94. The third-order valence-corrected chi connectivity index (χ3v) is 3.17. The molecule has 0 aromatic carbocycles. The van der Waals surface area contributed by atoms with Gasteiger partial charge in [-0.1, -0.05) is 20.8 Å². The molecule has 1 atom stereocenters. The molecule has 0 bridgehead atoms. The largest absolute Gasteiger partial charge is 0.336 e. The number of hydrogen-bond acceptors (Lipinski definition) is 2. The van der Waals surface area contributed by atoms with Gasteiger partial charge >= 0.3 is 0 Å². The van der Waals surface area contributed by atoms with Gasteiger partial charge in [-0.25, -0.2) is 0 Å². The van der Waals surface area contributed by atoms with Crippen LogP contribution >= 0.6 is 0 Å². The van der Waals surface area contributed by atoms with Gasteiger partial charge < -0.3 is 10.6 Å². The van der Waals surface area contributed by atoms with Gasteiger partial charge in [-0.3, -0.25) is 4.79 Å². The molecule has 2 N–H and O–H groups in total. The molecule has 1 amide bonds. The van der Waals surface area contributed by atoms with Gasteiger partial charge in [-0.05, 0) is 25.2 Å². The van der Waals surface area contributed by atoms with Crippen LogP contribution in [0.5, 0.6) is 0 Å². The van der Waals surface area contributed by atoms with Gasteiger partial charge in [0.05, 0.1) is 5.54 Å². The molecule has 1 heterocycles. The van der Waals surface area contributed by atoms with E-state index in [2.05, 4.69) is 27.7 Å². The molecule has 0 aromatic heterocycles. The number of nitrogens with zero attached hydrogens (tertiary/aromatic N) is 1. The smallest absolute Gasteiger partial charge is 0.223 e. The molecule has 1 rings (SSSR count). The average molecular weight is 212 g/mol. The summed E-state index contributed by atoms with van der Waals surface area (Å²) in [5.41, 5.74) is 5.74. The van der Waals surface area contributed by atoms with Gasteiger partial charge in [0, 0.05) is 19.5 Å². The maximum atomic E-state index is 12.1. The maximum Gasteiger partial charge on any atom is 0.223 e. The van der Waals surface area contributed by atoms with Crippen molar-refractivity contribution in [3.63, 3.8) is 0 Å². The fraction of sp³-hybridized carbons (Fsp3) is 0.917. The van der Waals surface area contributed by atoms with Crippen molar-refractivity contribution in [2.75, 3.05) is 13.1 Å². The predicted octanol–water partition coefficient (Wildman–Crippen LogP) is 1.76. The lowest BCUT2D eigenvalue weighted by Gasteiger charge is -2.35. The Morgan fingerprint density at radius 3 is 2.53 bits per heavy atom. The number of hydrogen-bond donors (Lipinski definition) is 1. The second-order valence-corrected chi connectivity index (χ2v) is 6.09. The standard InChI is InChI=1S/C12H24N2O/c1-11(2,3)8-10(15)14-7-5-6-12(14,4)9-13/h5-9,13H2,1-4H3. The lowest BCUT2D eigenvalue weighted by molar-refractivity contribution is -0.136. The number of carbonyl (C=O) groups excluding carboxylic acids is 1. The molecule has 0 aliphatic carbocycles. The van der Waals surface area contributed by atoms with Crippen LogP contribution in [0, 0.1) is 5.41 Å². The minimum Gasteiger partial charge on any atom is -0.336 e. The van der Waals surface area contributed by atoms with E-state index in [1.54, 1.807) is 0 Å². The molecule has 3 heteroatoms. The van der Waals surface area contributed by atoms with Crippen LogP contribution < -0.4 is 5.73 Å². The molecule has 1 fully saturated rings. The Morgan fingerprint density at radius 1 is 1.47 bits per heavy atom. The zero-order valence-corrected chi connectivity index (χ0v) is 10.5. The van der Waals surface area contributed by atoms with Crippen molar-refractivity contribution in [2.45, 2.75) is 52.5 Å². The fourth-order valence-electron chi connectivity index (χ4n) is 2.21. The van der Waals surface area contributed by atoms with E-state index in [-0.39, 0.29) is 16.9 Å². The quantitative estimate of drug-likeness (QED) is 0.758. The Hall–Kier alpha value is -0.570. The molecule has 1 aliphatic rings. The first-order chi connectivity index (χ1) is 6.78. The predicted molar refractivity (Wildman–Crippen MR) is 62.5 cm³/mol. The molecular formula is C12H24N2O. The van der Waals surface area contributed by atoms with Crippen molar-refractivity contribution in [1.82, 2.24) is 4.90 Å². The normalized spacial score (nSPS) is 27.1. The fourth-order valence-corrected chi connectivity index (χ4v) is 2.21. The third-order valence-electron chi connectivity index (χ3n) is 3.17. The van der Waals surface area contributed by atoms with Crippen LogP contribution in [0.1, 0.15) is 47.0 Å². The highest BCUT2D eigenvalue weighted by atomic mass is 16.2.